The van der Waals surface area contributed by atoms with Gasteiger partial charge in [0.05, 0.1) is 16.3 Å². The van der Waals surface area contributed by atoms with Crippen molar-refractivity contribution in [2.45, 2.75) is 50.8 Å². The van der Waals surface area contributed by atoms with Crippen molar-refractivity contribution in [3.63, 3.8) is 0 Å². The molecule has 0 bridgehead atoms. The Hall–Kier alpha value is -2.38. The number of anilines is 2. The fraction of sp³-hybridized carbons (Fsp3) is 0.455. The number of carbonyl (C=O) groups is 1. The number of nitrogen functional groups attached to an aromatic ring is 1. The van der Waals surface area contributed by atoms with E-state index in [1.807, 2.05) is 11.8 Å². The number of aliphatic hydroxyl groups is 1. The van der Waals surface area contributed by atoms with Crippen LogP contribution in [0.4, 0.5) is 15.9 Å². The summed E-state index contributed by atoms with van der Waals surface area (Å²) in [4.78, 5) is 18.4. The first-order chi connectivity index (χ1) is 14.2. The number of pyridine rings is 1. The van der Waals surface area contributed by atoms with Gasteiger partial charge in [-0.15, -0.1) is 0 Å². The minimum atomic E-state index is -1.11. The molecule has 1 aromatic heterocycles. The first kappa shape index (κ1) is 20.9. The minimum absolute atomic E-state index is 0.0157. The van der Waals surface area contributed by atoms with E-state index in [1.54, 1.807) is 24.4 Å². The van der Waals surface area contributed by atoms with Crippen LogP contribution in [0.2, 0.25) is 5.02 Å². The molecule has 4 rings (SSSR count). The normalized spacial score (nSPS) is 28.7. The van der Waals surface area contributed by atoms with E-state index in [9.17, 15) is 14.3 Å². The van der Waals surface area contributed by atoms with Crippen molar-refractivity contribution in [2.75, 3.05) is 17.2 Å². The molecule has 4 N–H and O–H groups in total. The van der Waals surface area contributed by atoms with Gasteiger partial charge in [0.15, 0.2) is 0 Å². The van der Waals surface area contributed by atoms with E-state index in [-0.39, 0.29) is 23.2 Å². The highest BCUT2D eigenvalue weighted by Crippen LogP contribution is 2.55. The summed E-state index contributed by atoms with van der Waals surface area (Å²) in [6.07, 6.45) is 5.41. The molecule has 8 heteroatoms. The topological polar surface area (TPSA) is 91.5 Å². The van der Waals surface area contributed by atoms with Crippen LogP contribution in [0.25, 0.3) is 0 Å². The Labute approximate surface area is 180 Å². The predicted molar refractivity (Wildman–Crippen MR) is 115 cm³/mol. The molecule has 6 nitrogen and oxygen atoms in total. The molecule has 2 heterocycles. The van der Waals surface area contributed by atoms with Gasteiger partial charge in [-0.1, -0.05) is 11.6 Å². The second-order valence-corrected chi connectivity index (χ2v) is 8.89. The Balaban J connectivity index is 1.45. The number of carbonyl (C=O) groups excluding carboxylic acids is 1. The van der Waals surface area contributed by atoms with Gasteiger partial charge in [-0.25, -0.2) is 9.37 Å². The smallest absolute Gasteiger partial charge is 0.255 e. The zero-order chi connectivity index (χ0) is 21.5. The van der Waals surface area contributed by atoms with Crippen LogP contribution in [-0.4, -0.2) is 34.3 Å². The second kappa shape index (κ2) is 7.71. The van der Waals surface area contributed by atoms with Gasteiger partial charge in [-0.05, 0) is 69.4 Å². The molecule has 0 radical (unpaired) electrons. The summed E-state index contributed by atoms with van der Waals surface area (Å²) in [7, 11) is 0. The van der Waals surface area contributed by atoms with E-state index in [1.165, 1.54) is 12.1 Å². The molecule has 1 aliphatic heterocycles. The third-order valence-corrected chi connectivity index (χ3v) is 7.21. The van der Waals surface area contributed by atoms with Crippen molar-refractivity contribution in [1.82, 2.24) is 10.3 Å². The number of benzene rings is 1. The summed E-state index contributed by atoms with van der Waals surface area (Å²) in [6, 6.07) is 7.62. The molecule has 2 aromatic rings. The highest BCUT2D eigenvalue weighted by atomic mass is 35.5. The maximum atomic E-state index is 13.5. The Morgan fingerprint density at radius 2 is 2.07 bits per heavy atom. The lowest BCUT2D eigenvalue weighted by Gasteiger charge is -2.48. The molecule has 0 unspecified atom stereocenters. The molecule has 2 aliphatic rings. The number of nitrogens with one attached hydrogen (secondary N) is 1. The lowest BCUT2D eigenvalue weighted by atomic mass is 9.66. The van der Waals surface area contributed by atoms with Crippen LogP contribution < -0.4 is 16.0 Å². The van der Waals surface area contributed by atoms with Gasteiger partial charge in [-0.2, -0.15) is 0 Å². The van der Waals surface area contributed by atoms with Crippen molar-refractivity contribution in [3.05, 3.63) is 52.9 Å². The molecule has 160 valence electrons. The first-order valence-corrected chi connectivity index (χ1v) is 10.6. The Morgan fingerprint density at radius 1 is 1.33 bits per heavy atom. The highest BCUT2D eigenvalue weighted by Gasteiger charge is 2.56. The lowest BCUT2D eigenvalue weighted by Crippen LogP contribution is -2.54. The molecule has 1 aliphatic carbocycles. The Bertz CT molecular complexity index is 960. The summed E-state index contributed by atoms with van der Waals surface area (Å²) >= 11 is 6.26. The van der Waals surface area contributed by atoms with E-state index in [4.69, 9.17) is 17.3 Å². The van der Waals surface area contributed by atoms with Crippen LogP contribution in [-0.2, 0) is 0 Å². The van der Waals surface area contributed by atoms with Gasteiger partial charge in [0.2, 0.25) is 0 Å². The molecule has 1 atom stereocenters. The van der Waals surface area contributed by atoms with Crippen LogP contribution in [0.1, 0.15) is 49.4 Å². The summed E-state index contributed by atoms with van der Waals surface area (Å²) in [5.41, 5.74) is 5.40. The van der Waals surface area contributed by atoms with Gasteiger partial charge in [-0.3, -0.25) is 4.79 Å². The zero-order valence-electron chi connectivity index (χ0n) is 16.9. The van der Waals surface area contributed by atoms with E-state index < -0.39 is 11.5 Å². The van der Waals surface area contributed by atoms with Crippen molar-refractivity contribution in [3.8, 4) is 0 Å². The molecule has 2 fully saturated rings. The van der Waals surface area contributed by atoms with Crippen LogP contribution >= 0.6 is 11.6 Å². The van der Waals surface area contributed by atoms with E-state index in [2.05, 4.69) is 10.3 Å². The second-order valence-electron chi connectivity index (χ2n) is 8.48. The summed E-state index contributed by atoms with van der Waals surface area (Å²) in [5.74, 6) is -0.407. The zero-order valence-corrected chi connectivity index (χ0v) is 17.6. The molecule has 1 saturated heterocycles. The SMILES string of the molecule is C[C@]1(O)N(c2ccc(F)cc2Cl)CCC12CCC(NC(=O)c1cccnc1N)CC2. The fourth-order valence-electron chi connectivity index (χ4n) is 5.03. The van der Waals surface area contributed by atoms with Crippen molar-refractivity contribution < 1.29 is 14.3 Å². The number of nitrogens with two attached hydrogens (primary N) is 1. The fourth-order valence-corrected chi connectivity index (χ4v) is 5.30. The lowest BCUT2D eigenvalue weighted by molar-refractivity contribution is -0.0669. The van der Waals surface area contributed by atoms with Gasteiger partial charge < -0.3 is 21.1 Å². The molecule has 1 aromatic carbocycles. The third-order valence-electron chi connectivity index (χ3n) is 6.91. The quantitative estimate of drug-likeness (QED) is 0.687. The van der Waals surface area contributed by atoms with Gasteiger partial charge >= 0.3 is 0 Å². The number of nitrogens with zero attached hydrogens (tertiary/aromatic N) is 2. The standard InChI is InChI=1S/C22H26ClFN4O2/c1-21(30)22(10-12-28(21)18-5-4-14(24)13-17(18)23)8-6-15(7-9-22)27-20(29)16-3-2-11-26-19(16)25/h2-5,11,13,15,30H,6-10,12H2,1H3,(H2,25,26)(H,27,29)/t15?,21-,22?/m1/s1. The van der Waals surface area contributed by atoms with Crippen molar-refractivity contribution in [1.29, 1.82) is 0 Å². The van der Waals surface area contributed by atoms with Crippen LogP contribution in [0.5, 0.6) is 0 Å². The maximum Gasteiger partial charge on any atom is 0.255 e. The van der Waals surface area contributed by atoms with Gasteiger partial charge in [0, 0.05) is 24.2 Å². The van der Waals surface area contributed by atoms with Gasteiger partial charge in [0.25, 0.3) is 5.91 Å². The van der Waals surface area contributed by atoms with Crippen LogP contribution in [0.15, 0.2) is 36.5 Å². The predicted octanol–water partition coefficient (Wildman–Crippen LogP) is 3.73. The van der Waals surface area contributed by atoms with Crippen LogP contribution in [0, 0.1) is 11.2 Å². The van der Waals surface area contributed by atoms with Gasteiger partial charge in [0.1, 0.15) is 17.4 Å². The maximum absolute atomic E-state index is 13.5. The number of aromatic nitrogens is 1. The van der Waals surface area contributed by atoms with Crippen molar-refractivity contribution in [2.24, 2.45) is 5.41 Å². The molecule has 30 heavy (non-hydrogen) atoms. The third kappa shape index (κ3) is 3.50. The Morgan fingerprint density at radius 3 is 2.73 bits per heavy atom. The van der Waals surface area contributed by atoms with Crippen LogP contribution in [0.3, 0.4) is 0 Å². The monoisotopic (exact) mass is 432 g/mol. The summed E-state index contributed by atoms with van der Waals surface area (Å²) in [6.45, 7) is 2.45. The van der Waals surface area contributed by atoms with Crippen molar-refractivity contribution >= 4 is 29.0 Å². The number of rotatable bonds is 3. The average Bonchev–Trinajstić information content (AvgIpc) is 2.94. The number of hydrogen-bond donors (Lipinski definition) is 3. The summed E-state index contributed by atoms with van der Waals surface area (Å²) < 4.78 is 13.5. The minimum Gasteiger partial charge on any atom is -0.383 e. The molecular weight excluding hydrogens is 407 g/mol. The summed E-state index contributed by atoms with van der Waals surface area (Å²) in [5, 5.41) is 14.9. The molecular formula is C22H26ClFN4O2. The molecule has 1 spiro atoms. The number of halogens is 2. The number of amides is 1. The molecule has 1 amide bonds. The average molecular weight is 433 g/mol. The van der Waals surface area contributed by atoms with E-state index in [0.717, 1.165) is 32.1 Å². The first-order valence-electron chi connectivity index (χ1n) is 10.2. The Kier molecular flexibility index (Phi) is 5.36. The molecule has 1 saturated carbocycles. The number of hydrogen-bond acceptors (Lipinski definition) is 5. The van der Waals surface area contributed by atoms with E-state index in [0.29, 0.717) is 22.8 Å². The van der Waals surface area contributed by atoms with E-state index >= 15 is 0 Å². The highest BCUT2D eigenvalue weighted by molar-refractivity contribution is 6.33. The largest absolute Gasteiger partial charge is 0.383 e.